The number of nitrogens with one attached hydrogen (secondary N) is 1. The summed E-state index contributed by atoms with van der Waals surface area (Å²) in [6, 6.07) is 11.9. The van der Waals surface area contributed by atoms with E-state index in [2.05, 4.69) is 11.4 Å². The Labute approximate surface area is 125 Å². The van der Waals surface area contributed by atoms with Gasteiger partial charge in [0, 0.05) is 18.2 Å². The second-order valence-electron chi connectivity index (χ2n) is 4.74. The Bertz CT molecular complexity index is 611. The molecule has 0 saturated carbocycles. The third-order valence-electron chi connectivity index (χ3n) is 3.32. The van der Waals surface area contributed by atoms with Crippen LogP contribution >= 0.6 is 0 Å². The lowest BCUT2D eigenvalue weighted by Crippen LogP contribution is -2.03. The maximum Gasteiger partial charge on any atom is 0.142 e. The lowest BCUT2D eigenvalue weighted by atomic mass is 10.1. The zero-order valence-corrected chi connectivity index (χ0v) is 12.9. The normalized spacial score (nSPS) is 10.1. The number of hydrogen-bond donors (Lipinski definition) is 1. The molecule has 112 valence electrons. The van der Waals surface area contributed by atoms with Crippen LogP contribution in [0, 0.1) is 6.92 Å². The van der Waals surface area contributed by atoms with Gasteiger partial charge in [-0.2, -0.15) is 0 Å². The van der Waals surface area contributed by atoms with Gasteiger partial charge in [-0.15, -0.1) is 0 Å². The summed E-state index contributed by atoms with van der Waals surface area (Å²) in [6.45, 7) is 2.69. The zero-order valence-electron chi connectivity index (χ0n) is 12.9. The van der Waals surface area contributed by atoms with Crippen LogP contribution in [0.2, 0.25) is 0 Å². The molecule has 0 aromatic heterocycles. The second-order valence-corrected chi connectivity index (χ2v) is 4.74. The number of rotatable bonds is 6. The molecule has 21 heavy (non-hydrogen) atoms. The van der Waals surface area contributed by atoms with Gasteiger partial charge in [-0.25, -0.2) is 0 Å². The highest BCUT2D eigenvalue weighted by molar-refractivity contribution is 5.58. The molecular weight excluding hydrogens is 266 g/mol. The highest BCUT2D eigenvalue weighted by Crippen LogP contribution is 2.28. The van der Waals surface area contributed by atoms with Crippen LogP contribution in [0.4, 0.5) is 5.69 Å². The molecule has 2 aromatic carbocycles. The minimum atomic E-state index is 0.645. The smallest absolute Gasteiger partial charge is 0.142 e. The Kier molecular flexibility index (Phi) is 4.93. The predicted octanol–water partition coefficient (Wildman–Crippen LogP) is 3.63. The molecule has 0 amide bonds. The topological polar surface area (TPSA) is 39.7 Å². The lowest BCUT2D eigenvalue weighted by molar-refractivity contribution is 0.391. The molecular formula is C17H21NO3. The van der Waals surface area contributed by atoms with E-state index in [0.717, 1.165) is 28.5 Å². The molecule has 0 aliphatic rings. The van der Waals surface area contributed by atoms with Gasteiger partial charge in [0.25, 0.3) is 0 Å². The van der Waals surface area contributed by atoms with E-state index >= 15 is 0 Å². The summed E-state index contributed by atoms with van der Waals surface area (Å²) in [4.78, 5) is 0. The molecule has 4 nitrogen and oxygen atoms in total. The van der Waals surface area contributed by atoms with Gasteiger partial charge in [0.05, 0.1) is 27.0 Å². The van der Waals surface area contributed by atoms with Gasteiger partial charge in [0.2, 0.25) is 0 Å². The van der Waals surface area contributed by atoms with Crippen LogP contribution in [-0.4, -0.2) is 21.3 Å². The molecule has 0 bridgehead atoms. The van der Waals surface area contributed by atoms with Crippen LogP contribution in [0.15, 0.2) is 36.4 Å². The SMILES string of the molecule is COc1ccc(CNc2ccc(C)cc2OC)c(OC)c1. The molecule has 2 rings (SSSR count). The Morgan fingerprint density at radius 3 is 2.29 bits per heavy atom. The molecule has 0 saturated heterocycles. The van der Waals surface area contributed by atoms with Gasteiger partial charge in [-0.1, -0.05) is 6.07 Å². The fraction of sp³-hybridized carbons (Fsp3) is 0.294. The van der Waals surface area contributed by atoms with E-state index in [1.807, 2.05) is 37.3 Å². The minimum absolute atomic E-state index is 0.645. The molecule has 0 spiro atoms. The van der Waals surface area contributed by atoms with Crippen molar-refractivity contribution in [3.05, 3.63) is 47.5 Å². The van der Waals surface area contributed by atoms with Gasteiger partial charge in [-0.3, -0.25) is 0 Å². The highest BCUT2D eigenvalue weighted by Gasteiger charge is 2.07. The fourth-order valence-corrected chi connectivity index (χ4v) is 2.13. The van der Waals surface area contributed by atoms with Crippen LogP contribution in [0.5, 0.6) is 17.2 Å². The zero-order chi connectivity index (χ0) is 15.2. The molecule has 0 aliphatic carbocycles. The molecule has 0 aliphatic heterocycles. The summed E-state index contributed by atoms with van der Waals surface area (Å²) in [5, 5.41) is 3.37. The third kappa shape index (κ3) is 3.60. The van der Waals surface area contributed by atoms with E-state index in [1.165, 1.54) is 5.56 Å². The van der Waals surface area contributed by atoms with Crippen molar-refractivity contribution < 1.29 is 14.2 Å². The first kappa shape index (κ1) is 15.0. The second kappa shape index (κ2) is 6.88. The van der Waals surface area contributed by atoms with E-state index in [1.54, 1.807) is 21.3 Å². The first-order valence-electron chi connectivity index (χ1n) is 6.77. The molecule has 0 radical (unpaired) electrons. The summed E-state index contributed by atoms with van der Waals surface area (Å²) in [7, 11) is 4.97. The number of ether oxygens (including phenoxy) is 3. The van der Waals surface area contributed by atoms with Gasteiger partial charge in [0.1, 0.15) is 17.2 Å². The third-order valence-corrected chi connectivity index (χ3v) is 3.32. The van der Waals surface area contributed by atoms with Crippen molar-refractivity contribution in [2.24, 2.45) is 0 Å². The van der Waals surface area contributed by atoms with Crippen molar-refractivity contribution in [3.63, 3.8) is 0 Å². The fourth-order valence-electron chi connectivity index (χ4n) is 2.13. The van der Waals surface area contributed by atoms with Gasteiger partial charge < -0.3 is 19.5 Å². The van der Waals surface area contributed by atoms with Crippen LogP contribution in [0.3, 0.4) is 0 Å². The Morgan fingerprint density at radius 1 is 0.857 bits per heavy atom. The van der Waals surface area contributed by atoms with E-state index in [9.17, 15) is 0 Å². The van der Waals surface area contributed by atoms with Crippen molar-refractivity contribution in [3.8, 4) is 17.2 Å². The van der Waals surface area contributed by atoms with Gasteiger partial charge >= 0.3 is 0 Å². The molecule has 0 fully saturated rings. The largest absolute Gasteiger partial charge is 0.497 e. The highest BCUT2D eigenvalue weighted by atomic mass is 16.5. The van der Waals surface area contributed by atoms with Crippen LogP contribution in [0.1, 0.15) is 11.1 Å². The summed E-state index contributed by atoms with van der Waals surface area (Å²) >= 11 is 0. The maximum atomic E-state index is 5.40. The first-order chi connectivity index (χ1) is 10.2. The molecule has 0 heterocycles. The summed E-state index contributed by atoms with van der Waals surface area (Å²) in [6.07, 6.45) is 0. The van der Waals surface area contributed by atoms with Gasteiger partial charge in [0.15, 0.2) is 0 Å². The molecule has 0 atom stereocenters. The average Bonchev–Trinajstić information content (AvgIpc) is 2.53. The van der Waals surface area contributed by atoms with Crippen LogP contribution in [0.25, 0.3) is 0 Å². The predicted molar refractivity (Wildman–Crippen MR) is 84.6 cm³/mol. The summed E-state index contributed by atoms with van der Waals surface area (Å²) in [5.41, 5.74) is 3.18. The van der Waals surface area contributed by atoms with Crippen molar-refractivity contribution >= 4 is 5.69 Å². The maximum absolute atomic E-state index is 5.40. The molecule has 1 N–H and O–H groups in total. The minimum Gasteiger partial charge on any atom is -0.497 e. The standard InChI is InChI=1S/C17H21NO3/c1-12-5-8-15(17(9-12)21-4)18-11-13-6-7-14(19-2)10-16(13)20-3/h5-10,18H,11H2,1-4H3. The van der Waals surface area contributed by atoms with Crippen molar-refractivity contribution in [2.45, 2.75) is 13.5 Å². The number of benzene rings is 2. The quantitative estimate of drug-likeness (QED) is 0.880. The van der Waals surface area contributed by atoms with Crippen LogP contribution in [-0.2, 0) is 6.54 Å². The Balaban J connectivity index is 2.16. The van der Waals surface area contributed by atoms with Crippen molar-refractivity contribution in [1.82, 2.24) is 0 Å². The number of methoxy groups -OCH3 is 3. The van der Waals surface area contributed by atoms with E-state index in [4.69, 9.17) is 14.2 Å². The van der Waals surface area contributed by atoms with Crippen molar-refractivity contribution in [1.29, 1.82) is 0 Å². The number of hydrogen-bond acceptors (Lipinski definition) is 4. The first-order valence-corrected chi connectivity index (χ1v) is 6.77. The van der Waals surface area contributed by atoms with Crippen molar-refractivity contribution in [2.75, 3.05) is 26.6 Å². The molecule has 0 unspecified atom stereocenters. The lowest BCUT2D eigenvalue weighted by Gasteiger charge is -2.14. The summed E-state index contributed by atoms with van der Waals surface area (Å²) in [5.74, 6) is 2.42. The van der Waals surface area contributed by atoms with Gasteiger partial charge in [-0.05, 0) is 36.8 Å². The van der Waals surface area contributed by atoms with E-state index in [0.29, 0.717) is 6.54 Å². The number of anilines is 1. The summed E-state index contributed by atoms with van der Waals surface area (Å²) < 4.78 is 16.0. The molecule has 2 aromatic rings. The number of aryl methyl sites for hydroxylation is 1. The average molecular weight is 287 g/mol. The van der Waals surface area contributed by atoms with E-state index < -0.39 is 0 Å². The molecule has 4 heteroatoms. The Hall–Kier alpha value is -2.36. The monoisotopic (exact) mass is 287 g/mol. The van der Waals surface area contributed by atoms with Crippen LogP contribution < -0.4 is 19.5 Å². The Morgan fingerprint density at radius 2 is 1.62 bits per heavy atom. The van der Waals surface area contributed by atoms with E-state index in [-0.39, 0.29) is 0 Å².